The molecular weight excluding hydrogens is 399 g/mol. The Kier molecular flexibility index (Phi) is 5.14. The zero-order valence-corrected chi connectivity index (χ0v) is 16.4. The smallest absolute Gasteiger partial charge is 0.303 e. The number of nitrogens with zero attached hydrogens (tertiary/aromatic N) is 5. The zero-order valence-electron chi connectivity index (χ0n) is 15.6. The van der Waals surface area contributed by atoms with E-state index in [4.69, 9.17) is 11.6 Å². The van der Waals surface area contributed by atoms with Gasteiger partial charge in [0.25, 0.3) is 0 Å². The predicted octanol–water partition coefficient (Wildman–Crippen LogP) is 2.84. The summed E-state index contributed by atoms with van der Waals surface area (Å²) in [6.07, 6.45) is 6.62. The number of hydrazone groups is 1. The van der Waals surface area contributed by atoms with E-state index in [1.165, 1.54) is 46.8 Å². The summed E-state index contributed by atoms with van der Waals surface area (Å²) in [6, 6.07) is 4.17. The molecule has 1 aliphatic rings. The van der Waals surface area contributed by atoms with Crippen molar-refractivity contribution in [1.29, 1.82) is 0 Å². The van der Waals surface area contributed by atoms with Crippen molar-refractivity contribution in [1.82, 2.24) is 19.1 Å². The number of anilines is 1. The first kappa shape index (κ1) is 19.3. The van der Waals surface area contributed by atoms with Crippen LogP contribution >= 0.6 is 11.6 Å². The average Bonchev–Trinajstić information content (AvgIpc) is 3.23. The van der Waals surface area contributed by atoms with E-state index in [1.54, 1.807) is 0 Å². The number of fused-ring (bicyclic) bond motifs is 1. The van der Waals surface area contributed by atoms with Crippen LogP contribution in [0.3, 0.4) is 0 Å². The molecule has 150 valence electrons. The molecule has 4 rings (SSSR count). The maximum absolute atomic E-state index is 13.2. The third-order valence-electron chi connectivity index (χ3n) is 5.06. The Balaban J connectivity index is 1.71. The highest BCUT2D eigenvalue weighted by molar-refractivity contribution is 6.31. The summed E-state index contributed by atoms with van der Waals surface area (Å²) < 4.78 is 16.0. The van der Waals surface area contributed by atoms with Crippen LogP contribution in [0.1, 0.15) is 37.3 Å². The van der Waals surface area contributed by atoms with Crippen LogP contribution in [0.5, 0.6) is 0 Å². The number of aryl methyl sites for hydroxylation is 1. The highest BCUT2D eigenvalue weighted by Crippen LogP contribution is 2.29. The molecule has 0 spiro atoms. The summed E-state index contributed by atoms with van der Waals surface area (Å²) in [5.41, 5.74) is 2.97. The number of benzene rings is 1. The van der Waals surface area contributed by atoms with Gasteiger partial charge in [-0.05, 0) is 30.5 Å². The molecule has 3 aromatic rings. The number of halogens is 2. The first-order valence-electron chi connectivity index (χ1n) is 9.18. The van der Waals surface area contributed by atoms with Crippen molar-refractivity contribution in [2.24, 2.45) is 12.1 Å². The Morgan fingerprint density at radius 3 is 2.76 bits per heavy atom. The molecule has 0 amide bonds. The van der Waals surface area contributed by atoms with Crippen LogP contribution in [0.2, 0.25) is 5.02 Å². The van der Waals surface area contributed by atoms with E-state index in [2.05, 4.69) is 20.5 Å². The number of aromatic nitrogens is 4. The monoisotopic (exact) mass is 416 g/mol. The summed E-state index contributed by atoms with van der Waals surface area (Å²) in [6.45, 7) is 0. The van der Waals surface area contributed by atoms with Gasteiger partial charge in [0.05, 0.1) is 17.4 Å². The maximum atomic E-state index is 13.2. The van der Waals surface area contributed by atoms with E-state index in [0.29, 0.717) is 16.7 Å². The van der Waals surface area contributed by atoms with Crippen LogP contribution in [0.15, 0.2) is 39.1 Å². The molecule has 0 bridgehead atoms. The second-order valence-corrected chi connectivity index (χ2v) is 7.33. The lowest BCUT2D eigenvalue weighted by atomic mass is 10.2. The SMILES string of the molecule is Cn1c(=O)c(=O)n(C2CCCC2)c2nc(N/N=C/c3ccc(F)c(Cl)c3)ncc21. The first-order chi connectivity index (χ1) is 14.0. The fraction of sp³-hybridized carbons (Fsp3) is 0.316. The lowest BCUT2D eigenvalue weighted by Gasteiger charge is -2.17. The quantitative estimate of drug-likeness (QED) is 0.401. The molecule has 1 N–H and O–H groups in total. The molecule has 8 nitrogen and oxygen atoms in total. The van der Waals surface area contributed by atoms with Gasteiger partial charge in [-0.3, -0.25) is 14.2 Å². The van der Waals surface area contributed by atoms with Crippen LogP contribution in [0.4, 0.5) is 10.3 Å². The number of hydrogen-bond donors (Lipinski definition) is 1. The molecular formula is C19H18ClFN6O2. The zero-order chi connectivity index (χ0) is 20.5. The second-order valence-electron chi connectivity index (χ2n) is 6.92. The lowest BCUT2D eigenvalue weighted by molar-refractivity contribution is 0.507. The van der Waals surface area contributed by atoms with Crippen molar-refractivity contribution in [3.8, 4) is 0 Å². The Bertz CT molecular complexity index is 1230. The lowest BCUT2D eigenvalue weighted by Crippen LogP contribution is -2.42. The third kappa shape index (κ3) is 3.65. The van der Waals surface area contributed by atoms with Gasteiger partial charge < -0.3 is 4.57 Å². The molecule has 0 radical (unpaired) electrons. The highest BCUT2D eigenvalue weighted by atomic mass is 35.5. The number of nitrogens with one attached hydrogen (secondary N) is 1. The summed E-state index contributed by atoms with van der Waals surface area (Å²) in [4.78, 5) is 33.6. The molecule has 1 saturated carbocycles. The van der Waals surface area contributed by atoms with Crippen molar-refractivity contribution in [3.63, 3.8) is 0 Å². The first-order valence-corrected chi connectivity index (χ1v) is 9.56. The summed E-state index contributed by atoms with van der Waals surface area (Å²) >= 11 is 5.76. The fourth-order valence-corrected chi connectivity index (χ4v) is 3.73. The van der Waals surface area contributed by atoms with Gasteiger partial charge in [0.2, 0.25) is 5.95 Å². The van der Waals surface area contributed by atoms with E-state index in [9.17, 15) is 14.0 Å². The minimum atomic E-state index is -0.597. The molecule has 2 aromatic heterocycles. The Hall–Kier alpha value is -3.07. The Labute approximate surface area is 169 Å². The van der Waals surface area contributed by atoms with Gasteiger partial charge >= 0.3 is 11.1 Å². The summed E-state index contributed by atoms with van der Waals surface area (Å²) in [5.74, 6) is -0.336. The number of hydrogen-bond acceptors (Lipinski definition) is 6. The van der Waals surface area contributed by atoms with Crippen LogP contribution in [-0.4, -0.2) is 25.3 Å². The van der Waals surface area contributed by atoms with Gasteiger partial charge in [-0.2, -0.15) is 10.1 Å². The normalized spacial score (nSPS) is 14.9. The molecule has 2 heterocycles. The molecule has 0 saturated heterocycles. The van der Waals surface area contributed by atoms with Gasteiger partial charge in [0.1, 0.15) is 11.3 Å². The van der Waals surface area contributed by atoms with Crippen molar-refractivity contribution < 1.29 is 4.39 Å². The van der Waals surface area contributed by atoms with Crippen LogP contribution in [-0.2, 0) is 7.05 Å². The van der Waals surface area contributed by atoms with Crippen LogP contribution in [0.25, 0.3) is 11.2 Å². The van der Waals surface area contributed by atoms with Gasteiger partial charge in [-0.25, -0.2) is 14.8 Å². The van der Waals surface area contributed by atoms with Crippen molar-refractivity contribution >= 4 is 34.9 Å². The van der Waals surface area contributed by atoms with Crippen molar-refractivity contribution in [2.45, 2.75) is 31.7 Å². The van der Waals surface area contributed by atoms with Crippen LogP contribution in [0, 0.1) is 5.82 Å². The van der Waals surface area contributed by atoms with E-state index >= 15 is 0 Å². The van der Waals surface area contributed by atoms with Crippen molar-refractivity contribution in [3.05, 3.63) is 61.5 Å². The molecule has 0 aliphatic heterocycles. The van der Waals surface area contributed by atoms with Gasteiger partial charge in [-0.1, -0.05) is 30.5 Å². The van der Waals surface area contributed by atoms with Gasteiger partial charge in [-0.15, -0.1) is 0 Å². The second kappa shape index (κ2) is 7.75. The Morgan fingerprint density at radius 2 is 2.03 bits per heavy atom. The standard InChI is InChI=1S/C19H18ClFN6O2/c1-26-15-10-22-19(25-23-9-11-6-7-14(21)13(20)8-11)24-16(15)27(18(29)17(26)28)12-4-2-3-5-12/h6-10,12H,2-5H2,1H3,(H,22,24,25)/b23-9+. The average molecular weight is 417 g/mol. The molecule has 1 aromatic carbocycles. The third-order valence-corrected chi connectivity index (χ3v) is 5.35. The van der Waals surface area contributed by atoms with Gasteiger partial charge in [0.15, 0.2) is 5.65 Å². The molecule has 10 heteroatoms. The number of rotatable bonds is 4. The van der Waals surface area contributed by atoms with E-state index < -0.39 is 16.9 Å². The molecule has 0 atom stereocenters. The van der Waals surface area contributed by atoms with Crippen LogP contribution < -0.4 is 16.5 Å². The maximum Gasteiger partial charge on any atom is 0.318 e. The van der Waals surface area contributed by atoms with E-state index in [1.807, 2.05) is 0 Å². The van der Waals surface area contributed by atoms with Gasteiger partial charge in [0, 0.05) is 13.1 Å². The highest BCUT2D eigenvalue weighted by Gasteiger charge is 2.23. The molecule has 0 unspecified atom stereocenters. The van der Waals surface area contributed by atoms with E-state index in [0.717, 1.165) is 25.7 Å². The molecule has 1 fully saturated rings. The summed E-state index contributed by atoms with van der Waals surface area (Å²) in [7, 11) is 1.53. The predicted molar refractivity (Wildman–Crippen MR) is 109 cm³/mol. The minimum Gasteiger partial charge on any atom is -0.303 e. The largest absolute Gasteiger partial charge is 0.318 e. The minimum absolute atomic E-state index is 0.00240. The fourth-order valence-electron chi connectivity index (χ4n) is 3.54. The van der Waals surface area contributed by atoms with E-state index in [-0.39, 0.29) is 17.0 Å². The summed E-state index contributed by atoms with van der Waals surface area (Å²) in [5, 5.41) is 4.04. The Morgan fingerprint density at radius 1 is 1.28 bits per heavy atom. The molecule has 1 aliphatic carbocycles. The molecule has 29 heavy (non-hydrogen) atoms. The topological polar surface area (TPSA) is 94.2 Å². The van der Waals surface area contributed by atoms with Crippen molar-refractivity contribution in [2.75, 3.05) is 5.43 Å².